The number of aromatic nitrogens is 4. The SMILES string of the molecule is Cc1cc(C(=O)/C=C/c2c(C)nn(C)c2C)n(C)n1. The maximum atomic E-state index is 12.1. The van der Waals surface area contributed by atoms with Gasteiger partial charge in [0, 0.05) is 25.4 Å². The van der Waals surface area contributed by atoms with Crippen LogP contribution in [0.2, 0.25) is 0 Å². The van der Waals surface area contributed by atoms with Crippen LogP contribution in [0.5, 0.6) is 0 Å². The second-order valence-electron chi connectivity index (χ2n) is 4.70. The second-order valence-corrected chi connectivity index (χ2v) is 4.70. The first-order valence-electron chi connectivity index (χ1n) is 6.13. The third-order valence-electron chi connectivity index (χ3n) is 3.22. The molecule has 0 saturated carbocycles. The molecular formula is C14H18N4O. The molecule has 0 aromatic carbocycles. The predicted octanol–water partition coefficient (Wildman–Crippen LogP) is 1.97. The Hall–Kier alpha value is -2.17. The molecule has 0 fully saturated rings. The molecule has 0 N–H and O–H groups in total. The van der Waals surface area contributed by atoms with Crippen LogP contribution >= 0.6 is 0 Å². The van der Waals surface area contributed by atoms with Gasteiger partial charge in [-0.05, 0) is 39.0 Å². The molecule has 0 atom stereocenters. The lowest BCUT2D eigenvalue weighted by Crippen LogP contribution is -2.03. The largest absolute Gasteiger partial charge is 0.288 e. The molecule has 0 aliphatic carbocycles. The van der Waals surface area contributed by atoms with E-state index in [1.54, 1.807) is 23.9 Å². The Bertz CT molecular complexity index is 661. The van der Waals surface area contributed by atoms with Gasteiger partial charge in [-0.25, -0.2) is 0 Å². The summed E-state index contributed by atoms with van der Waals surface area (Å²) >= 11 is 0. The summed E-state index contributed by atoms with van der Waals surface area (Å²) in [6, 6.07) is 1.79. The van der Waals surface area contributed by atoms with Gasteiger partial charge in [-0.15, -0.1) is 0 Å². The molecule has 100 valence electrons. The minimum absolute atomic E-state index is 0.0502. The standard InChI is InChI=1S/C14H18N4O/c1-9-8-13(18(5)15-9)14(19)7-6-12-10(2)16-17(4)11(12)3/h6-8H,1-5H3/b7-6+. The molecule has 2 aromatic heterocycles. The quantitative estimate of drug-likeness (QED) is 0.625. The van der Waals surface area contributed by atoms with Crippen molar-refractivity contribution in [3.05, 3.63) is 40.5 Å². The van der Waals surface area contributed by atoms with Gasteiger partial charge in [0.05, 0.1) is 11.4 Å². The summed E-state index contributed by atoms with van der Waals surface area (Å²) in [5, 5.41) is 8.49. The molecular weight excluding hydrogens is 240 g/mol. The number of rotatable bonds is 3. The Labute approximate surface area is 112 Å². The Kier molecular flexibility index (Phi) is 3.38. The van der Waals surface area contributed by atoms with E-state index in [0.29, 0.717) is 5.69 Å². The van der Waals surface area contributed by atoms with Gasteiger partial charge in [0.25, 0.3) is 0 Å². The number of aryl methyl sites for hydroxylation is 4. The third kappa shape index (κ3) is 2.50. The van der Waals surface area contributed by atoms with E-state index < -0.39 is 0 Å². The Balaban J connectivity index is 2.28. The number of nitrogens with zero attached hydrogens (tertiary/aromatic N) is 4. The van der Waals surface area contributed by atoms with Gasteiger partial charge < -0.3 is 0 Å². The zero-order valence-electron chi connectivity index (χ0n) is 11.9. The van der Waals surface area contributed by atoms with E-state index in [1.165, 1.54) is 0 Å². The number of hydrogen-bond acceptors (Lipinski definition) is 3. The van der Waals surface area contributed by atoms with Crippen molar-refractivity contribution >= 4 is 11.9 Å². The van der Waals surface area contributed by atoms with Crippen molar-refractivity contribution in [1.29, 1.82) is 0 Å². The molecule has 0 unspecified atom stereocenters. The summed E-state index contributed by atoms with van der Waals surface area (Å²) in [7, 11) is 3.67. The number of carbonyl (C=O) groups excluding carboxylic acids is 1. The molecule has 2 aromatic rings. The predicted molar refractivity (Wildman–Crippen MR) is 74.0 cm³/mol. The van der Waals surface area contributed by atoms with Crippen molar-refractivity contribution in [2.45, 2.75) is 20.8 Å². The summed E-state index contributed by atoms with van der Waals surface area (Å²) in [6.07, 6.45) is 3.40. The molecule has 0 aliphatic rings. The fraction of sp³-hybridized carbons (Fsp3) is 0.357. The number of allylic oxidation sites excluding steroid dienone is 1. The van der Waals surface area contributed by atoms with Crippen LogP contribution in [0.3, 0.4) is 0 Å². The third-order valence-corrected chi connectivity index (χ3v) is 3.22. The van der Waals surface area contributed by atoms with Crippen molar-refractivity contribution in [2.75, 3.05) is 0 Å². The van der Waals surface area contributed by atoms with E-state index in [9.17, 15) is 4.79 Å². The van der Waals surface area contributed by atoms with Gasteiger partial charge in [0.1, 0.15) is 5.69 Å². The average Bonchev–Trinajstić information content (AvgIpc) is 2.78. The van der Waals surface area contributed by atoms with Gasteiger partial charge in [-0.3, -0.25) is 14.2 Å². The highest BCUT2D eigenvalue weighted by Crippen LogP contribution is 2.14. The first-order chi connectivity index (χ1) is 8.90. The van der Waals surface area contributed by atoms with E-state index in [4.69, 9.17) is 0 Å². The first-order valence-corrected chi connectivity index (χ1v) is 6.13. The summed E-state index contributed by atoms with van der Waals surface area (Å²) < 4.78 is 3.42. The van der Waals surface area contributed by atoms with Gasteiger partial charge in [0.15, 0.2) is 0 Å². The molecule has 2 rings (SSSR count). The molecule has 0 aliphatic heterocycles. The zero-order valence-corrected chi connectivity index (χ0v) is 11.9. The van der Waals surface area contributed by atoms with E-state index in [2.05, 4.69) is 10.2 Å². The number of ketones is 1. The van der Waals surface area contributed by atoms with Crippen LogP contribution in [-0.4, -0.2) is 25.3 Å². The molecule has 0 spiro atoms. The zero-order chi connectivity index (χ0) is 14.2. The Morgan fingerprint density at radius 3 is 2.32 bits per heavy atom. The second kappa shape index (κ2) is 4.84. The maximum absolute atomic E-state index is 12.1. The van der Waals surface area contributed by atoms with Gasteiger partial charge in [-0.1, -0.05) is 0 Å². The van der Waals surface area contributed by atoms with Crippen molar-refractivity contribution in [3.8, 4) is 0 Å². The van der Waals surface area contributed by atoms with E-state index in [-0.39, 0.29) is 5.78 Å². The summed E-state index contributed by atoms with van der Waals surface area (Å²) in [5.74, 6) is -0.0502. The molecule has 5 nitrogen and oxygen atoms in total. The summed E-state index contributed by atoms with van der Waals surface area (Å²) in [4.78, 5) is 12.1. The highest BCUT2D eigenvalue weighted by Gasteiger charge is 2.10. The molecule has 0 bridgehead atoms. The van der Waals surface area contributed by atoms with Crippen LogP contribution in [0, 0.1) is 20.8 Å². The van der Waals surface area contributed by atoms with E-state index >= 15 is 0 Å². The van der Waals surface area contributed by atoms with E-state index in [1.807, 2.05) is 38.6 Å². The highest BCUT2D eigenvalue weighted by molar-refractivity contribution is 6.05. The van der Waals surface area contributed by atoms with Gasteiger partial charge in [0.2, 0.25) is 5.78 Å². The lowest BCUT2D eigenvalue weighted by atomic mass is 10.1. The summed E-state index contributed by atoms with van der Waals surface area (Å²) in [6.45, 7) is 5.79. The highest BCUT2D eigenvalue weighted by atomic mass is 16.1. The van der Waals surface area contributed by atoms with Gasteiger partial charge in [-0.2, -0.15) is 10.2 Å². The normalized spacial score (nSPS) is 11.4. The average molecular weight is 258 g/mol. The Morgan fingerprint density at radius 1 is 1.16 bits per heavy atom. The van der Waals surface area contributed by atoms with Crippen molar-refractivity contribution in [1.82, 2.24) is 19.6 Å². The lowest BCUT2D eigenvalue weighted by molar-refractivity contribution is 0.103. The van der Waals surface area contributed by atoms with Crippen molar-refractivity contribution in [3.63, 3.8) is 0 Å². The van der Waals surface area contributed by atoms with Gasteiger partial charge >= 0.3 is 0 Å². The lowest BCUT2D eigenvalue weighted by Gasteiger charge is -1.97. The van der Waals surface area contributed by atoms with E-state index in [0.717, 1.165) is 22.6 Å². The van der Waals surface area contributed by atoms with Crippen LogP contribution in [0.25, 0.3) is 6.08 Å². The minimum Gasteiger partial charge on any atom is -0.288 e. The van der Waals surface area contributed by atoms with Crippen LogP contribution in [0.15, 0.2) is 12.1 Å². The smallest absolute Gasteiger partial charge is 0.203 e. The maximum Gasteiger partial charge on any atom is 0.203 e. The molecule has 0 saturated heterocycles. The fourth-order valence-electron chi connectivity index (χ4n) is 2.12. The topological polar surface area (TPSA) is 52.7 Å². The van der Waals surface area contributed by atoms with Crippen molar-refractivity contribution in [2.24, 2.45) is 14.1 Å². The minimum atomic E-state index is -0.0502. The molecule has 0 radical (unpaired) electrons. The van der Waals surface area contributed by atoms with Crippen LogP contribution in [-0.2, 0) is 14.1 Å². The molecule has 0 amide bonds. The van der Waals surface area contributed by atoms with Crippen molar-refractivity contribution < 1.29 is 4.79 Å². The number of carbonyl (C=O) groups is 1. The Morgan fingerprint density at radius 2 is 1.84 bits per heavy atom. The monoisotopic (exact) mass is 258 g/mol. The fourth-order valence-corrected chi connectivity index (χ4v) is 2.12. The summed E-state index contributed by atoms with van der Waals surface area (Å²) in [5.41, 5.74) is 4.39. The van der Waals surface area contributed by atoms with Crippen LogP contribution in [0.4, 0.5) is 0 Å². The first kappa shape index (κ1) is 13.3. The molecule has 5 heteroatoms. The van der Waals surface area contributed by atoms with Crippen LogP contribution in [0.1, 0.15) is 33.1 Å². The molecule has 19 heavy (non-hydrogen) atoms. The molecule has 2 heterocycles. The number of hydrogen-bond donors (Lipinski definition) is 0. The van der Waals surface area contributed by atoms with Crippen LogP contribution < -0.4 is 0 Å².